The van der Waals surface area contributed by atoms with Crippen molar-refractivity contribution in [3.63, 3.8) is 0 Å². The summed E-state index contributed by atoms with van der Waals surface area (Å²) >= 11 is 0. The minimum atomic E-state index is -0.997. The number of Topliss-reactive ketones (excluding diaryl/α,β-unsaturated/α-hetero) is 1. The molecule has 3 N–H and O–H groups in total. The zero-order valence-electron chi connectivity index (χ0n) is 21.4. The highest BCUT2D eigenvalue weighted by Gasteiger charge is 2.46. The fourth-order valence-electron chi connectivity index (χ4n) is 5.15. The number of hydrogen-bond acceptors (Lipinski definition) is 6. The Morgan fingerprint density at radius 3 is 1.25 bits per heavy atom. The minimum absolute atomic E-state index is 0.0929. The van der Waals surface area contributed by atoms with Crippen LogP contribution in [0, 0.1) is 0 Å². The molecule has 6 nitrogen and oxygen atoms in total. The van der Waals surface area contributed by atoms with Crippen molar-refractivity contribution in [1.29, 1.82) is 0 Å². The Morgan fingerprint density at radius 2 is 0.875 bits per heavy atom. The zero-order chi connectivity index (χ0) is 27.6. The molecule has 0 bridgehead atoms. The van der Waals surface area contributed by atoms with E-state index in [1.165, 1.54) is 12.1 Å². The molecule has 0 aliphatic heterocycles. The van der Waals surface area contributed by atoms with Gasteiger partial charge < -0.3 is 25.1 Å². The summed E-state index contributed by atoms with van der Waals surface area (Å²) in [4.78, 5) is 17.3. The fourth-order valence-corrected chi connectivity index (χ4v) is 5.15. The topological polar surface area (TPSA) is 84.2 Å². The number of aliphatic hydroxyl groups excluding tert-OH is 1. The first-order valence-electron chi connectivity index (χ1n) is 12.9. The molecule has 0 spiro atoms. The Bertz CT molecular complexity index is 1590. The maximum absolute atomic E-state index is 13.6. The molecule has 0 fully saturated rings. The molecule has 1 unspecified atom stereocenters. The molecule has 0 aromatic heterocycles. The summed E-state index contributed by atoms with van der Waals surface area (Å²) in [5.41, 5.74) is 3.39. The average molecular weight is 527 g/mol. The molecule has 0 heterocycles. The molecule has 6 heteroatoms. The van der Waals surface area contributed by atoms with Gasteiger partial charge in [-0.3, -0.25) is 4.79 Å². The summed E-state index contributed by atoms with van der Waals surface area (Å²) in [6.07, 6.45) is 0. The number of aromatic hydroxyl groups is 2. The lowest BCUT2D eigenvalue weighted by Crippen LogP contribution is -2.47. The number of carbonyl (C=O) groups is 1. The van der Waals surface area contributed by atoms with Crippen LogP contribution in [0.15, 0.2) is 139 Å². The SMILES string of the molecule is O=C1C(c2c(O)cc(N(c3ccccc3)c3ccccc3)cc2O)=C(O)C1N(c1ccccc1)c1ccccc1. The molecule has 40 heavy (non-hydrogen) atoms. The highest BCUT2D eigenvalue weighted by Crippen LogP contribution is 2.48. The molecular formula is C34H26N2O4. The van der Waals surface area contributed by atoms with Crippen LogP contribution in [0.2, 0.25) is 0 Å². The van der Waals surface area contributed by atoms with Gasteiger partial charge >= 0.3 is 0 Å². The predicted octanol–water partition coefficient (Wildman–Crippen LogP) is 7.63. The number of phenols is 2. The van der Waals surface area contributed by atoms with Gasteiger partial charge in [0.1, 0.15) is 17.3 Å². The fraction of sp³-hybridized carbons (Fsp3) is 0.0294. The second kappa shape index (κ2) is 10.3. The summed E-state index contributed by atoms with van der Waals surface area (Å²) in [6, 6.07) is 39.7. The van der Waals surface area contributed by atoms with E-state index < -0.39 is 11.8 Å². The van der Waals surface area contributed by atoms with E-state index in [0.717, 1.165) is 22.7 Å². The highest BCUT2D eigenvalue weighted by molar-refractivity contribution is 6.34. The molecule has 1 aliphatic rings. The molecule has 0 amide bonds. The van der Waals surface area contributed by atoms with Gasteiger partial charge in [0.25, 0.3) is 0 Å². The quantitative estimate of drug-likeness (QED) is 0.202. The number of rotatable bonds is 7. The maximum Gasteiger partial charge on any atom is 0.197 e. The summed E-state index contributed by atoms with van der Waals surface area (Å²) in [6.45, 7) is 0. The van der Waals surface area contributed by atoms with Crippen LogP contribution in [0.5, 0.6) is 11.5 Å². The van der Waals surface area contributed by atoms with E-state index in [9.17, 15) is 20.1 Å². The Kier molecular flexibility index (Phi) is 6.42. The van der Waals surface area contributed by atoms with E-state index in [0.29, 0.717) is 5.69 Å². The third-order valence-corrected chi connectivity index (χ3v) is 6.96. The number of hydrogen-bond donors (Lipinski definition) is 3. The molecule has 5 aromatic rings. The summed E-state index contributed by atoms with van der Waals surface area (Å²) in [5, 5.41) is 33.5. The Hall–Kier alpha value is -5.49. The monoisotopic (exact) mass is 526 g/mol. The van der Waals surface area contributed by atoms with Crippen molar-refractivity contribution in [1.82, 2.24) is 0 Å². The number of benzene rings is 5. The van der Waals surface area contributed by atoms with Gasteiger partial charge in [0, 0.05) is 34.9 Å². The lowest BCUT2D eigenvalue weighted by atomic mass is 9.81. The van der Waals surface area contributed by atoms with Gasteiger partial charge in [0.15, 0.2) is 11.8 Å². The van der Waals surface area contributed by atoms with Crippen LogP contribution in [0.4, 0.5) is 28.4 Å². The van der Waals surface area contributed by atoms with Crippen LogP contribution in [-0.4, -0.2) is 27.1 Å². The number of carbonyl (C=O) groups excluding carboxylic acids is 1. The van der Waals surface area contributed by atoms with Gasteiger partial charge in [0.05, 0.1) is 16.8 Å². The molecule has 196 valence electrons. The van der Waals surface area contributed by atoms with Crippen molar-refractivity contribution >= 4 is 39.8 Å². The van der Waals surface area contributed by atoms with Crippen molar-refractivity contribution in [2.45, 2.75) is 6.04 Å². The molecule has 0 saturated carbocycles. The van der Waals surface area contributed by atoms with Gasteiger partial charge in [-0.25, -0.2) is 0 Å². The van der Waals surface area contributed by atoms with Crippen LogP contribution in [0.3, 0.4) is 0 Å². The minimum Gasteiger partial charge on any atom is -0.509 e. The van der Waals surface area contributed by atoms with Gasteiger partial charge in [-0.1, -0.05) is 72.8 Å². The van der Waals surface area contributed by atoms with E-state index in [1.54, 1.807) is 4.90 Å². The maximum atomic E-state index is 13.6. The van der Waals surface area contributed by atoms with E-state index in [2.05, 4.69) is 0 Å². The second-order valence-electron chi connectivity index (χ2n) is 9.43. The van der Waals surface area contributed by atoms with Crippen molar-refractivity contribution < 1.29 is 20.1 Å². The largest absolute Gasteiger partial charge is 0.509 e. The number of ketones is 1. The van der Waals surface area contributed by atoms with E-state index in [-0.39, 0.29) is 28.4 Å². The van der Waals surface area contributed by atoms with Crippen molar-refractivity contribution in [2.75, 3.05) is 9.80 Å². The normalized spacial score (nSPS) is 14.5. The zero-order valence-corrected chi connectivity index (χ0v) is 21.4. The number of nitrogens with zero attached hydrogens (tertiary/aromatic N) is 2. The summed E-state index contributed by atoms with van der Waals surface area (Å²) in [7, 11) is 0. The van der Waals surface area contributed by atoms with Crippen molar-refractivity contribution in [3.05, 3.63) is 145 Å². The van der Waals surface area contributed by atoms with E-state index in [1.807, 2.05) is 126 Å². The van der Waals surface area contributed by atoms with Crippen LogP contribution in [-0.2, 0) is 4.79 Å². The van der Waals surface area contributed by atoms with Crippen molar-refractivity contribution in [2.24, 2.45) is 0 Å². The lowest BCUT2D eigenvalue weighted by Gasteiger charge is -2.39. The first kappa shape index (κ1) is 24.8. The van der Waals surface area contributed by atoms with Gasteiger partial charge in [-0.2, -0.15) is 0 Å². The Labute approximate surface area is 231 Å². The number of phenolic OH excluding ortho intramolecular Hbond substituents is 2. The van der Waals surface area contributed by atoms with Gasteiger partial charge in [-0.05, 0) is 48.5 Å². The van der Waals surface area contributed by atoms with Crippen LogP contribution in [0.25, 0.3) is 5.57 Å². The summed E-state index contributed by atoms with van der Waals surface area (Å²) in [5.74, 6) is -1.26. The first-order valence-corrected chi connectivity index (χ1v) is 12.9. The summed E-state index contributed by atoms with van der Waals surface area (Å²) < 4.78 is 0. The molecule has 6 rings (SSSR count). The van der Waals surface area contributed by atoms with Gasteiger partial charge in [0.2, 0.25) is 0 Å². The highest BCUT2D eigenvalue weighted by atomic mass is 16.3. The second-order valence-corrected chi connectivity index (χ2v) is 9.43. The first-order chi connectivity index (χ1) is 19.5. The average Bonchev–Trinajstić information content (AvgIpc) is 2.99. The molecular weight excluding hydrogens is 500 g/mol. The Morgan fingerprint density at radius 1 is 0.500 bits per heavy atom. The van der Waals surface area contributed by atoms with Crippen LogP contribution in [0.1, 0.15) is 5.56 Å². The van der Waals surface area contributed by atoms with E-state index in [4.69, 9.17) is 0 Å². The molecule has 0 radical (unpaired) electrons. The standard InChI is InChI=1S/C34H26N2O4/c37-28-21-27(35(23-13-5-1-6-14-23)24-15-7-2-8-16-24)22-29(38)30(28)31-33(39)32(34(31)40)36(25-17-9-3-10-18-25)26-19-11-4-12-20-26/h1-22,32,37-39H. The third-order valence-electron chi connectivity index (χ3n) is 6.96. The third kappa shape index (κ3) is 4.31. The number of aliphatic hydroxyl groups is 1. The smallest absolute Gasteiger partial charge is 0.197 e. The van der Waals surface area contributed by atoms with Gasteiger partial charge in [-0.15, -0.1) is 0 Å². The molecule has 0 saturated heterocycles. The molecule has 5 aromatic carbocycles. The molecule has 1 aliphatic carbocycles. The number of anilines is 5. The molecule has 1 atom stereocenters. The number of para-hydroxylation sites is 4. The van der Waals surface area contributed by atoms with Crippen molar-refractivity contribution in [3.8, 4) is 11.5 Å². The lowest BCUT2D eigenvalue weighted by molar-refractivity contribution is -0.116. The predicted molar refractivity (Wildman–Crippen MR) is 158 cm³/mol. The van der Waals surface area contributed by atoms with Crippen LogP contribution < -0.4 is 9.80 Å². The Balaban J connectivity index is 1.43. The van der Waals surface area contributed by atoms with Crippen LogP contribution >= 0.6 is 0 Å². The van der Waals surface area contributed by atoms with E-state index >= 15 is 0 Å².